The molecule has 0 spiro atoms. The summed E-state index contributed by atoms with van der Waals surface area (Å²) in [7, 11) is -0.770. The Morgan fingerprint density at radius 1 is 0.949 bits per heavy atom. The van der Waals surface area contributed by atoms with Gasteiger partial charge in [0.2, 0.25) is 10.0 Å². The smallest absolute Gasteiger partial charge is 0.262 e. The van der Waals surface area contributed by atoms with E-state index in [4.69, 9.17) is 25.8 Å². The van der Waals surface area contributed by atoms with Crippen LogP contribution in [0, 0.1) is 0 Å². The highest BCUT2D eigenvalue weighted by Gasteiger charge is 2.24. The zero-order chi connectivity index (χ0) is 27.8. The minimum atomic E-state index is -3.89. The standard InChI is InChI=1S/C28H32ClN3O6S/c1-36-25-12-5-20(17-26(25)37-2)13-14-30-39(34,35)27-18-22(8-11-24(27)32-15-3-4-16-32)31-28(33)19-38-23-9-6-21(29)7-10-23/h5-12,17-18,30H,3-4,13-16,19H2,1-2H3,(H,31,33). The Bertz CT molecular complexity index is 1390. The van der Waals surface area contributed by atoms with Crippen LogP contribution in [0.3, 0.4) is 0 Å². The first-order valence-corrected chi connectivity index (χ1v) is 14.4. The normalized spacial score (nSPS) is 13.3. The highest BCUT2D eigenvalue weighted by molar-refractivity contribution is 7.89. The van der Waals surface area contributed by atoms with Gasteiger partial charge >= 0.3 is 0 Å². The van der Waals surface area contributed by atoms with E-state index in [9.17, 15) is 13.2 Å². The number of halogens is 1. The molecule has 9 nitrogen and oxygen atoms in total. The quantitative estimate of drug-likeness (QED) is 0.329. The Morgan fingerprint density at radius 3 is 2.36 bits per heavy atom. The summed E-state index contributed by atoms with van der Waals surface area (Å²) in [5.41, 5.74) is 1.88. The van der Waals surface area contributed by atoms with Gasteiger partial charge in [0.05, 0.1) is 19.9 Å². The van der Waals surface area contributed by atoms with Crippen molar-refractivity contribution in [2.45, 2.75) is 24.2 Å². The number of anilines is 2. The highest BCUT2D eigenvalue weighted by Crippen LogP contribution is 2.31. The third-order valence-electron chi connectivity index (χ3n) is 6.32. The second-order valence-corrected chi connectivity index (χ2v) is 11.2. The number of nitrogens with one attached hydrogen (secondary N) is 2. The maximum absolute atomic E-state index is 13.5. The first kappa shape index (κ1) is 28.5. The van der Waals surface area contributed by atoms with Gasteiger partial charge in [-0.15, -0.1) is 0 Å². The number of nitrogens with zero attached hydrogens (tertiary/aromatic N) is 1. The summed E-state index contributed by atoms with van der Waals surface area (Å²) in [5, 5.41) is 3.30. The van der Waals surface area contributed by atoms with E-state index in [1.54, 1.807) is 56.7 Å². The van der Waals surface area contributed by atoms with Crippen molar-refractivity contribution in [3.63, 3.8) is 0 Å². The predicted molar refractivity (Wildman–Crippen MR) is 152 cm³/mol. The Hall–Kier alpha value is -3.47. The largest absolute Gasteiger partial charge is 0.493 e. The van der Waals surface area contributed by atoms with Crippen molar-refractivity contribution >= 4 is 38.9 Å². The van der Waals surface area contributed by atoms with E-state index in [0.717, 1.165) is 31.5 Å². The van der Waals surface area contributed by atoms with E-state index in [2.05, 4.69) is 14.9 Å². The maximum Gasteiger partial charge on any atom is 0.262 e. The number of sulfonamides is 1. The molecule has 1 fully saturated rings. The van der Waals surface area contributed by atoms with Crippen LogP contribution in [0.4, 0.5) is 11.4 Å². The van der Waals surface area contributed by atoms with E-state index in [1.807, 2.05) is 12.1 Å². The molecule has 1 heterocycles. The van der Waals surface area contributed by atoms with Crippen molar-refractivity contribution in [3.8, 4) is 17.2 Å². The van der Waals surface area contributed by atoms with Crippen LogP contribution >= 0.6 is 11.6 Å². The second kappa shape index (κ2) is 13.1. The molecule has 3 aromatic carbocycles. The van der Waals surface area contributed by atoms with Crippen LogP contribution in [-0.2, 0) is 21.2 Å². The third-order valence-corrected chi connectivity index (χ3v) is 8.06. The Morgan fingerprint density at radius 2 is 1.67 bits per heavy atom. The number of carbonyl (C=O) groups excluding carboxylic acids is 1. The summed E-state index contributed by atoms with van der Waals surface area (Å²) in [6.45, 7) is 1.49. The zero-order valence-electron chi connectivity index (χ0n) is 21.9. The summed E-state index contributed by atoms with van der Waals surface area (Å²) < 4.78 is 45.8. The molecular weight excluding hydrogens is 542 g/mol. The van der Waals surface area contributed by atoms with Crippen LogP contribution in [-0.4, -0.2) is 54.8 Å². The number of carbonyl (C=O) groups is 1. The van der Waals surface area contributed by atoms with Crippen LogP contribution in [0.2, 0.25) is 5.02 Å². The van der Waals surface area contributed by atoms with Gasteiger partial charge in [0.25, 0.3) is 5.91 Å². The lowest BCUT2D eigenvalue weighted by atomic mass is 10.1. The Kier molecular flexibility index (Phi) is 9.55. The topological polar surface area (TPSA) is 106 Å². The van der Waals surface area contributed by atoms with E-state index in [0.29, 0.717) is 40.1 Å². The monoisotopic (exact) mass is 573 g/mol. The van der Waals surface area contributed by atoms with Crippen molar-refractivity contribution < 1.29 is 27.4 Å². The molecule has 208 valence electrons. The first-order valence-electron chi connectivity index (χ1n) is 12.6. The number of hydrogen-bond donors (Lipinski definition) is 2. The molecule has 0 bridgehead atoms. The molecule has 39 heavy (non-hydrogen) atoms. The number of methoxy groups -OCH3 is 2. The molecule has 1 aliphatic heterocycles. The summed E-state index contributed by atoms with van der Waals surface area (Å²) in [6, 6.07) is 17.1. The molecule has 0 atom stereocenters. The summed E-state index contributed by atoms with van der Waals surface area (Å²) >= 11 is 5.88. The zero-order valence-corrected chi connectivity index (χ0v) is 23.5. The Labute approximate surface area is 234 Å². The van der Waals surface area contributed by atoms with Crippen LogP contribution in [0.1, 0.15) is 18.4 Å². The van der Waals surface area contributed by atoms with Gasteiger partial charge in [0.1, 0.15) is 10.6 Å². The number of benzene rings is 3. The van der Waals surface area contributed by atoms with E-state index in [-0.39, 0.29) is 18.0 Å². The fourth-order valence-electron chi connectivity index (χ4n) is 4.35. The van der Waals surface area contributed by atoms with Gasteiger partial charge in [-0.3, -0.25) is 4.79 Å². The van der Waals surface area contributed by atoms with Crippen molar-refractivity contribution in [2.75, 3.05) is 50.7 Å². The Balaban J connectivity index is 1.46. The van der Waals surface area contributed by atoms with Crippen molar-refractivity contribution in [1.29, 1.82) is 0 Å². The van der Waals surface area contributed by atoms with Crippen molar-refractivity contribution in [1.82, 2.24) is 4.72 Å². The van der Waals surface area contributed by atoms with Crippen LogP contribution < -0.4 is 29.1 Å². The molecular formula is C28H32ClN3O6S. The molecule has 0 aromatic heterocycles. The lowest BCUT2D eigenvalue weighted by Gasteiger charge is -2.22. The van der Waals surface area contributed by atoms with Gasteiger partial charge < -0.3 is 24.4 Å². The third kappa shape index (κ3) is 7.56. The highest BCUT2D eigenvalue weighted by atomic mass is 35.5. The fourth-order valence-corrected chi connectivity index (χ4v) is 5.75. The first-order chi connectivity index (χ1) is 18.8. The molecule has 1 saturated heterocycles. The number of rotatable bonds is 12. The lowest BCUT2D eigenvalue weighted by Crippen LogP contribution is -2.29. The summed E-state index contributed by atoms with van der Waals surface area (Å²) in [4.78, 5) is 14.7. The van der Waals surface area contributed by atoms with Gasteiger partial charge in [0.15, 0.2) is 18.1 Å². The van der Waals surface area contributed by atoms with Crippen LogP contribution in [0.25, 0.3) is 0 Å². The van der Waals surface area contributed by atoms with E-state index >= 15 is 0 Å². The van der Waals surface area contributed by atoms with Gasteiger partial charge in [-0.05, 0) is 79.4 Å². The lowest BCUT2D eigenvalue weighted by molar-refractivity contribution is -0.118. The van der Waals surface area contributed by atoms with E-state index in [1.165, 1.54) is 6.07 Å². The average Bonchev–Trinajstić information content (AvgIpc) is 3.47. The van der Waals surface area contributed by atoms with Crippen LogP contribution in [0.15, 0.2) is 65.6 Å². The fraction of sp³-hybridized carbons (Fsp3) is 0.321. The SMILES string of the molecule is COc1ccc(CCNS(=O)(=O)c2cc(NC(=O)COc3ccc(Cl)cc3)ccc2N2CCCC2)cc1OC. The average molecular weight is 574 g/mol. The molecule has 0 saturated carbocycles. The molecule has 0 radical (unpaired) electrons. The van der Waals surface area contributed by atoms with Gasteiger partial charge in [-0.2, -0.15) is 0 Å². The van der Waals surface area contributed by atoms with E-state index < -0.39 is 15.9 Å². The summed E-state index contributed by atoms with van der Waals surface area (Å²) in [6.07, 6.45) is 2.44. The minimum Gasteiger partial charge on any atom is -0.493 e. The molecule has 1 aliphatic rings. The van der Waals surface area contributed by atoms with Crippen molar-refractivity contribution in [2.24, 2.45) is 0 Å². The molecule has 2 N–H and O–H groups in total. The van der Waals surface area contributed by atoms with Gasteiger partial charge in [-0.25, -0.2) is 13.1 Å². The number of ether oxygens (including phenoxy) is 3. The van der Waals surface area contributed by atoms with Gasteiger partial charge in [-0.1, -0.05) is 17.7 Å². The molecule has 0 aliphatic carbocycles. The molecule has 11 heteroatoms. The summed E-state index contributed by atoms with van der Waals surface area (Å²) in [5.74, 6) is 1.27. The predicted octanol–water partition coefficient (Wildman–Crippen LogP) is 4.50. The number of hydrogen-bond acceptors (Lipinski definition) is 7. The minimum absolute atomic E-state index is 0.119. The molecule has 1 amide bonds. The van der Waals surface area contributed by atoms with Crippen molar-refractivity contribution in [3.05, 3.63) is 71.2 Å². The van der Waals surface area contributed by atoms with Crippen LogP contribution in [0.5, 0.6) is 17.2 Å². The van der Waals surface area contributed by atoms with Gasteiger partial charge in [0, 0.05) is 30.3 Å². The maximum atomic E-state index is 13.5. The molecule has 0 unspecified atom stereocenters. The second-order valence-electron chi connectivity index (χ2n) is 9.00. The molecule has 3 aromatic rings. The number of amides is 1. The molecule has 4 rings (SSSR count).